The van der Waals surface area contributed by atoms with Crippen LogP contribution in [0.1, 0.15) is 25.5 Å². The van der Waals surface area contributed by atoms with E-state index in [4.69, 9.17) is 10.2 Å². The largest absolute Gasteiger partial charge is 0.468 e. The molecule has 0 saturated heterocycles. The van der Waals surface area contributed by atoms with Crippen LogP contribution in [-0.4, -0.2) is 6.04 Å². The summed E-state index contributed by atoms with van der Waals surface area (Å²) >= 11 is 3.35. The van der Waals surface area contributed by atoms with Crippen molar-refractivity contribution in [1.29, 1.82) is 0 Å². The van der Waals surface area contributed by atoms with E-state index in [-0.39, 0.29) is 11.5 Å². The molecule has 1 heterocycles. The second-order valence-electron chi connectivity index (χ2n) is 3.99. The van der Waals surface area contributed by atoms with Crippen LogP contribution in [0.4, 0.5) is 0 Å². The maximum Gasteiger partial charge on any atom is 0.110 e. The van der Waals surface area contributed by atoms with Gasteiger partial charge in [-0.3, -0.25) is 0 Å². The third kappa shape index (κ3) is 1.04. The Morgan fingerprint density at radius 1 is 1.58 bits per heavy atom. The highest BCUT2D eigenvalue weighted by molar-refractivity contribution is 9.10. The van der Waals surface area contributed by atoms with E-state index in [1.807, 2.05) is 6.07 Å². The van der Waals surface area contributed by atoms with Crippen LogP contribution in [0.15, 0.2) is 21.2 Å². The summed E-state index contributed by atoms with van der Waals surface area (Å²) in [6.45, 7) is 4.33. The van der Waals surface area contributed by atoms with Crippen LogP contribution in [-0.2, 0) is 0 Å². The zero-order chi connectivity index (χ0) is 8.93. The summed E-state index contributed by atoms with van der Waals surface area (Å²) in [4.78, 5) is 0. The molecule has 2 unspecified atom stereocenters. The number of hydrogen-bond donors (Lipinski definition) is 1. The fourth-order valence-electron chi connectivity index (χ4n) is 1.71. The minimum absolute atomic E-state index is 0.206. The van der Waals surface area contributed by atoms with E-state index >= 15 is 0 Å². The first-order valence-corrected chi connectivity index (χ1v) is 4.82. The minimum Gasteiger partial charge on any atom is -0.468 e. The molecule has 1 aliphatic carbocycles. The molecule has 2 N–H and O–H groups in total. The molecular formula is C9H12BrNO. The molecule has 12 heavy (non-hydrogen) atoms. The molecule has 66 valence electrons. The highest BCUT2D eigenvalue weighted by Crippen LogP contribution is 2.57. The van der Waals surface area contributed by atoms with E-state index in [1.54, 1.807) is 6.26 Å². The number of furan rings is 1. The molecule has 2 nitrogen and oxygen atoms in total. The van der Waals surface area contributed by atoms with Gasteiger partial charge in [-0.25, -0.2) is 0 Å². The average molecular weight is 230 g/mol. The standard InChI is InChI=1S/C9H12BrNO/c1-9(2)7(8(9)11)6-3-5(10)4-12-6/h3-4,7-8H,11H2,1-2H3. The van der Waals surface area contributed by atoms with Crippen molar-refractivity contribution in [3.63, 3.8) is 0 Å². The number of hydrogen-bond acceptors (Lipinski definition) is 2. The van der Waals surface area contributed by atoms with Crippen molar-refractivity contribution in [3.05, 3.63) is 22.6 Å². The first-order chi connectivity index (χ1) is 5.53. The van der Waals surface area contributed by atoms with Crippen LogP contribution in [0.2, 0.25) is 0 Å². The fraction of sp³-hybridized carbons (Fsp3) is 0.556. The number of rotatable bonds is 1. The van der Waals surface area contributed by atoms with Gasteiger partial charge in [0.15, 0.2) is 0 Å². The Morgan fingerprint density at radius 2 is 2.17 bits per heavy atom. The molecule has 0 radical (unpaired) electrons. The predicted molar refractivity (Wildman–Crippen MR) is 50.9 cm³/mol. The molecular weight excluding hydrogens is 218 g/mol. The Balaban J connectivity index is 2.24. The molecule has 1 saturated carbocycles. The molecule has 0 amide bonds. The molecule has 1 fully saturated rings. The molecule has 2 rings (SSSR count). The highest BCUT2D eigenvalue weighted by atomic mass is 79.9. The molecule has 1 aromatic heterocycles. The molecule has 0 spiro atoms. The van der Waals surface area contributed by atoms with E-state index in [9.17, 15) is 0 Å². The Hall–Kier alpha value is -0.280. The average Bonchev–Trinajstić information content (AvgIpc) is 2.38. The SMILES string of the molecule is CC1(C)C(N)C1c1cc(Br)co1. The molecule has 0 bridgehead atoms. The van der Waals surface area contributed by atoms with Crippen molar-refractivity contribution < 1.29 is 4.42 Å². The van der Waals surface area contributed by atoms with Gasteiger partial charge in [0.05, 0.1) is 4.47 Å². The lowest BCUT2D eigenvalue weighted by Gasteiger charge is -1.96. The predicted octanol–water partition coefficient (Wildman–Crippen LogP) is 2.49. The summed E-state index contributed by atoms with van der Waals surface area (Å²) in [5.74, 6) is 1.39. The smallest absolute Gasteiger partial charge is 0.110 e. The summed E-state index contributed by atoms with van der Waals surface area (Å²) in [5, 5.41) is 0. The molecule has 3 heteroatoms. The summed E-state index contributed by atoms with van der Waals surface area (Å²) in [6, 6.07) is 2.25. The topological polar surface area (TPSA) is 39.2 Å². The molecule has 1 aliphatic rings. The van der Waals surface area contributed by atoms with Gasteiger partial charge >= 0.3 is 0 Å². The van der Waals surface area contributed by atoms with Gasteiger partial charge in [-0.05, 0) is 27.4 Å². The lowest BCUT2D eigenvalue weighted by Crippen LogP contribution is -2.06. The van der Waals surface area contributed by atoms with Gasteiger partial charge in [-0.2, -0.15) is 0 Å². The second-order valence-corrected chi connectivity index (χ2v) is 4.91. The van der Waals surface area contributed by atoms with Gasteiger partial charge in [0, 0.05) is 12.0 Å². The van der Waals surface area contributed by atoms with Gasteiger partial charge in [0.1, 0.15) is 12.0 Å². The first-order valence-electron chi connectivity index (χ1n) is 4.03. The van der Waals surface area contributed by atoms with Crippen LogP contribution in [0.25, 0.3) is 0 Å². The zero-order valence-corrected chi connectivity index (χ0v) is 8.76. The van der Waals surface area contributed by atoms with Gasteiger partial charge in [0.2, 0.25) is 0 Å². The van der Waals surface area contributed by atoms with E-state index in [2.05, 4.69) is 29.8 Å². The maximum atomic E-state index is 5.91. The third-order valence-corrected chi connectivity index (χ3v) is 3.22. The molecule has 2 atom stereocenters. The summed E-state index contributed by atoms with van der Waals surface area (Å²) < 4.78 is 6.36. The van der Waals surface area contributed by atoms with Crippen LogP contribution >= 0.6 is 15.9 Å². The summed E-state index contributed by atoms with van der Waals surface area (Å²) in [7, 11) is 0. The zero-order valence-electron chi connectivity index (χ0n) is 7.17. The van der Waals surface area contributed by atoms with Gasteiger partial charge in [-0.1, -0.05) is 13.8 Å². The van der Waals surface area contributed by atoms with Crippen molar-refractivity contribution in [1.82, 2.24) is 0 Å². The van der Waals surface area contributed by atoms with Gasteiger partial charge < -0.3 is 10.2 Å². The van der Waals surface area contributed by atoms with Crippen molar-refractivity contribution in [3.8, 4) is 0 Å². The van der Waals surface area contributed by atoms with Crippen LogP contribution in [0.5, 0.6) is 0 Å². The Bertz CT molecular complexity index is 305. The van der Waals surface area contributed by atoms with Crippen molar-refractivity contribution in [2.75, 3.05) is 0 Å². The maximum absolute atomic E-state index is 5.91. The van der Waals surface area contributed by atoms with Crippen molar-refractivity contribution in [2.45, 2.75) is 25.8 Å². The second kappa shape index (κ2) is 2.36. The Morgan fingerprint density at radius 3 is 2.50 bits per heavy atom. The van der Waals surface area contributed by atoms with E-state index in [1.165, 1.54) is 0 Å². The first kappa shape index (κ1) is 8.32. The quantitative estimate of drug-likeness (QED) is 0.804. The lowest BCUT2D eigenvalue weighted by molar-refractivity contribution is 0.481. The van der Waals surface area contributed by atoms with Crippen molar-refractivity contribution >= 4 is 15.9 Å². The normalized spacial score (nSPS) is 32.0. The molecule has 0 aromatic carbocycles. The van der Waals surface area contributed by atoms with Crippen molar-refractivity contribution in [2.24, 2.45) is 11.1 Å². The van der Waals surface area contributed by atoms with Gasteiger partial charge in [-0.15, -0.1) is 0 Å². The molecule has 0 aliphatic heterocycles. The number of nitrogens with two attached hydrogens (primary N) is 1. The number of halogens is 1. The van der Waals surface area contributed by atoms with E-state index in [0.717, 1.165) is 10.2 Å². The van der Waals surface area contributed by atoms with Gasteiger partial charge in [0.25, 0.3) is 0 Å². The summed E-state index contributed by atoms with van der Waals surface area (Å²) in [5.41, 5.74) is 6.12. The van der Waals surface area contributed by atoms with E-state index in [0.29, 0.717) is 5.92 Å². The van der Waals surface area contributed by atoms with Crippen LogP contribution in [0, 0.1) is 5.41 Å². The van der Waals surface area contributed by atoms with Crippen LogP contribution in [0.3, 0.4) is 0 Å². The van der Waals surface area contributed by atoms with E-state index < -0.39 is 0 Å². The third-order valence-electron chi connectivity index (χ3n) is 2.80. The van der Waals surface area contributed by atoms with Crippen LogP contribution < -0.4 is 5.73 Å². The fourth-order valence-corrected chi connectivity index (χ4v) is 2.03. The summed E-state index contributed by atoms with van der Waals surface area (Å²) in [6.07, 6.45) is 1.70. The minimum atomic E-state index is 0.206. The monoisotopic (exact) mass is 229 g/mol. The molecule has 1 aromatic rings. The highest BCUT2D eigenvalue weighted by Gasteiger charge is 2.57. The Kier molecular flexibility index (Phi) is 1.64. The Labute approximate surface area is 80.3 Å². The lowest BCUT2D eigenvalue weighted by atomic mass is 10.1.